The van der Waals surface area contributed by atoms with Gasteiger partial charge < -0.3 is 14.4 Å². The van der Waals surface area contributed by atoms with Crippen molar-refractivity contribution in [2.24, 2.45) is 5.92 Å². The molecule has 0 aliphatic carbocycles. The van der Waals surface area contributed by atoms with Crippen LogP contribution in [0.25, 0.3) is 0 Å². The van der Waals surface area contributed by atoms with E-state index < -0.39 is 10.0 Å². The normalized spacial score (nSPS) is 17.0. The summed E-state index contributed by atoms with van der Waals surface area (Å²) >= 11 is 0. The zero-order chi connectivity index (χ0) is 20.3. The standard InChI is InChI=1S/C19H21FN2O5S/c1-26-16-7-8-17(27-2)18(10-16)28(24,25)21-11-13-9-19(23)22(12-13)15-5-3-14(20)4-6-15/h3-8,10,13,21H,9,11-12H2,1-2H3/t13-/m1/s1. The van der Waals surface area contributed by atoms with Crippen LogP contribution in [0.4, 0.5) is 10.1 Å². The number of methoxy groups -OCH3 is 2. The zero-order valence-electron chi connectivity index (χ0n) is 15.5. The van der Waals surface area contributed by atoms with Crippen molar-refractivity contribution in [2.75, 3.05) is 32.2 Å². The molecule has 3 rings (SSSR count). The van der Waals surface area contributed by atoms with Crippen LogP contribution >= 0.6 is 0 Å². The number of carbonyl (C=O) groups excluding carboxylic acids is 1. The van der Waals surface area contributed by atoms with Gasteiger partial charge >= 0.3 is 0 Å². The maximum absolute atomic E-state index is 13.1. The molecule has 0 radical (unpaired) electrons. The van der Waals surface area contributed by atoms with Crippen molar-refractivity contribution in [3.8, 4) is 11.5 Å². The van der Waals surface area contributed by atoms with E-state index in [1.165, 1.54) is 55.5 Å². The third kappa shape index (κ3) is 4.26. The summed E-state index contributed by atoms with van der Waals surface area (Å²) in [4.78, 5) is 13.8. The molecule has 2 aromatic carbocycles. The molecule has 150 valence electrons. The number of hydrogen-bond acceptors (Lipinski definition) is 5. The predicted octanol–water partition coefficient (Wildman–Crippen LogP) is 2.17. The average Bonchev–Trinajstić information content (AvgIpc) is 3.07. The number of ether oxygens (including phenoxy) is 2. The number of hydrogen-bond donors (Lipinski definition) is 1. The monoisotopic (exact) mass is 408 g/mol. The van der Waals surface area contributed by atoms with E-state index in [1.807, 2.05) is 0 Å². The van der Waals surface area contributed by atoms with Crippen molar-refractivity contribution in [3.63, 3.8) is 0 Å². The molecule has 1 atom stereocenters. The van der Waals surface area contributed by atoms with Crippen LogP contribution in [-0.4, -0.2) is 41.6 Å². The molecule has 1 amide bonds. The molecule has 1 saturated heterocycles. The lowest BCUT2D eigenvalue weighted by Crippen LogP contribution is -2.31. The van der Waals surface area contributed by atoms with Crippen molar-refractivity contribution in [1.29, 1.82) is 0 Å². The molecular formula is C19H21FN2O5S. The first-order valence-corrected chi connectivity index (χ1v) is 10.1. The van der Waals surface area contributed by atoms with E-state index in [9.17, 15) is 17.6 Å². The van der Waals surface area contributed by atoms with E-state index in [-0.39, 0.29) is 41.3 Å². The van der Waals surface area contributed by atoms with Gasteiger partial charge in [0.2, 0.25) is 15.9 Å². The lowest BCUT2D eigenvalue weighted by Gasteiger charge is -2.17. The van der Waals surface area contributed by atoms with Crippen molar-refractivity contribution in [2.45, 2.75) is 11.3 Å². The minimum atomic E-state index is -3.86. The van der Waals surface area contributed by atoms with Crippen molar-refractivity contribution in [1.82, 2.24) is 4.72 Å². The smallest absolute Gasteiger partial charge is 0.244 e. The molecule has 2 aromatic rings. The quantitative estimate of drug-likeness (QED) is 0.759. The summed E-state index contributed by atoms with van der Waals surface area (Å²) in [6.45, 7) is 0.439. The van der Waals surface area contributed by atoms with Crippen LogP contribution in [0.3, 0.4) is 0 Å². The predicted molar refractivity (Wildman–Crippen MR) is 102 cm³/mol. The summed E-state index contributed by atoms with van der Waals surface area (Å²) < 4.78 is 51.3. The second-order valence-electron chi connectivity index (χ2n) is 6.42. The third-order valence-corrected chi connectivity index (χ3v) is 6.01. The van der Waals surface area contributed by atoms with Crippen molar-refractivity contribution >= 4 is 21.6 Å². The highest BCUT2D eigenvalue weighted by Gasteiger charge is 2.32. The first kappa shape index (κ1) is 20.1. The Morgan fingerprint density at radius 1 is 1.14 bits per heavy atom. The van der Waals surface area contributed by atoms with Gasteiger partial charge in [-0.3, -0.25) is 4.79 Å². The second-order valence-corrected chi connectivity index (χ2v) is 8.15. The van der Waals surface area contributed by atoms with Gasteiger partial charge in [-0.25, -0.2) is 17.5 Å². The lowest BCUT2D eigenvalue weighted by atomic mass is 10.1. The third-order valence-electron chi connectivity index (χ3n) is 4.57. The number of carbonyl (C=O) groups is 1. The maximum Gasteiger partial charge on any atom is 0.244 e. The number of halogens is 1. The molecule has 1 aliphatic rings. The molecule has 0 unspecified atom stereocenters. The van der Waals surface area contributed by atoms with E-state index in [2.05, 4.69) is 4.72 Å². The Labute approximate surface area is 163 Å². The van der Waals surface area contributed by atoms with Gasteiger partial charge in [0.25, 0.3) is 0 Å². The molecule has 7 nitrogen and oxygen atoms in total. The second kappa shape index (κ2) is 8.15. The van der Waals surface area contributed by atoms with Gasteiger partial charge in [0.05, 0.1) is 14.2 Å². The van der Waals surface area contributed by atoms with Gasteiger partial charge in [0, 0.05) is 31.3 Å². The number of rotatable bonds is 7. The highest BCUT2D eigenvalue weighted by atomic mass is 32.2. The Bertz CT molecular complexity index is 963. The molecule has 28 heavy (non-hydrogen) atoms. The molecule has 1 N–H and O–H groups in total. The van der Waals surface area contributed by atoms with Gasteiger partial charge in [-0.05, 0) is 42.3 Å². The van der Waals surface area contributed by atoms with E-state index in [1.54, 1.807) is 6.07 Å². The summed E-state index contributed by atoms with van der Waals surface area (Å²) in [5.74, 6) is -0.130. The van der Waals surface area contributed by atoms with Crippen LogP contribution in [-0.2, 0) is 14.8 Å². The van der Waals surface area contributed by atoms with Crippen molar-refractivity contribution < 1.29 is 27.1 Å². The summed E-state index contributed by atoms with van der Waals surface area (Å²) in [6.07, 6.45) is 0.204. The van der Waals surface area contributed by atoms with Gasteiger partial charge in [-0.15, -0.1) is 0 Å². The lowest BCUT2D eigenvalue weighted by molar-refractivity contribution is -0.117. The summed E-state index contributed by atoms with van der Waals surface area (Å²) in [6, 6.07) is 10.1. The van der Waals surface area contributed by atoms with Gasteiger partial charge in [0.15, 0.2) is 0 Å². The Morgan fingerprint density at radius 2 is 1.86 bits per heavy atom. The summed E-state index contributed by atoms with van der Waals surface area (Å²) in [7, 11) is -1.03. The van der Waals surface area contributed by atoms with E-state index in [0.717, 1.165) is 0 Å². The number of benzene rings is 2. The number of nitrogens with one attached hydrogen (secondary N) is 1. The number of sulfonamides is 1. The van der Waals surface area contributed by atoms with Crippen molar-refractivity contribution in [3.05, 3.63) is 48.3 Å². The van der Waals surface area contributed by atoms with Crippen LogP contribution in [0.15, 0.2) is 47.4 Å². The minimum absolute atomic E-state index is 0.0333. The number of nitrogens with zero attached hydrogens (tertiary/aromatic N) is 1. The first-order valence-electron chi connectivity index (χ1n) is 8.61. The molecule has 0 bridgehead atoms. The van der Waals surface area contributed by atoms with E-state index in [4.69, 9.17) is 9.47 Å². The number of anilines is 1. The first-order chi connectivity index (χ1) is 13.3. The van der Waals surface area contributed by atoms with Crippen LogP contribution in [0.1, 0.15) is 6.42 Å². The van der Waals surface area contributed by atoms with Gasteiger partial charge in [-0.2, -0.15) is 0 Å². The molecular weight excluding hydrogens is 387 g/mol. The van der Waals surface area contributed by atoms with Crippen LogP contribution in [0, 0.1) is 11.7 Å². The fourth-order valence-electron chi connectivity index (χ4n) is 3.09. The molecule has 0 aromatic heterocycles. The summed E-state index contributed by atoms with van der Waals surface area (Å²) in [5.41, 5.74) is 0.589. The van der Waals surface area contributed by atoms with E-state index in [0.29, 0.717) is 18.0 Å². The minimum Gasteiger partial charge on any atom is -0.497 e. The topological polar surface area (TPSA) is 84.9 Å². The molecule has 0 saturated carbocycles. The SMILES string of the molecule is COc1ccc(OC)c(S(=O)(=O)NC[C@H]2CC(=O)N(c3ccc(F)cc3)C2)c1. The fraction of sp³-hybridized carbons (Fsp3) is 0.316. The Hall–Kier alpha value is -2.65. The molecule has 9 heteroatoms. The highest BCUT2D eigenvalue weighted by Crippen LogP contribution is 2.29. The maximum atomic E-state index is 13.1. The fourth-order valence-corrected chi connectivity index (χ4v) is 4.39. The Kier molecular flexibility index (Phi) is 5.85. The average molecular weight is 408 g/mol. The van der Waals surface area contributed by atoms with E-state index >= 15 is 0 Å². The van der Waals surface area contributed by atoms with Crippen LogP contribution < -0.4 is 19.1 Å². The van der Waals surface area contributed by atoms with Crippen LogP contribution in [0.5, 0.6) is 11.5 Å². The van der Waals surface area contributed by atoms with Gasteiger partial charge in [-0.1, -0.05) is 0 Å². The van der Waals surface area contributed by atoms with Crippen LogP contribution in [0.2, 0.25) is 0 Å². The molecule has 1 fully saturated rings. The highest BCUT2D eigenvalue weighted by molar-refractivity contribution is 7.89. The molecule has 1 heterocycles. The summed E-state index contributed by atoms with van der Waals surface area (Å²) in [5, 5.41) is 0. The Morgan fingerprint density at radius 3 is 2.50 bits per heavy atom. The molecule has 0 spiro atoms. The zero-order valence-corrected chi connectivity index (χ0v) is 16.3. The van der Waals surface area contributed by atoms with Gasteiger partial charge in [0.1, 0.15) is 22.2 Å². The Balaban J connectivity index is 1.70. The molecule has 1 aliphatic heterocycles. The largest absolute Gasteiger partial charge is 0.497 e. The number of amides is 1.